The van der Waals surface area contributed by atoms with E-state index in [1.807, 2.05) is 0 Å². The van der Waals surface area contributed by atoms with Gasteiger partial charge in [0, 0.05) is 16.7 Å². The molecule has 102 valence electrons. The van der Waals surface area contributed by atoms with E-state index < -0.39 is 5.78 Å². The molecule has 0 radical (unpaired) electrons. The van der Waals surface area contributed by atoms with E-state index in [-0.39, 0.29) is 40.6 Å². The van der Waals surface area contributed by atoms with Gasteiger partial charge in [0.25, 0.3) is 0 Å². The highest BCUT2D eigenvalue weighted by molar-refractivity contribution is 6.29. The number of phenolic OH excluding ortho intramolecular Hbond substituents is 1. The molecule has 2 aromatic rings. The molecule has 0 saturated carbocycles. The van der Waals surface area contributed by atoms with E-state index >= 15 is 0 Å². The molecule has 0 unspecified atom stereocenters. The van der Waals surface area contributed by atoms with Crippen LogP contribution in [0.2, 0.25) is 0 Å². The van der Waals surface area contributed by atoms with Gasteiger partial charge in [-0.2, -0.15) is 0 Å². The van der Waals surface area contributed by atoms with Crippen molar-refractivity contribution in [3.63, 3.8) is 0 Å². The van der Waals surface area contributed by atoms with Crippen LogP contribution in [0, 0.1) is 12.3 Å². The molecule has 0 bridgehead atoms. The standard InChI is InChI=1S/C17H10O4/c1-2-9-21-13-8-7-12-14(17(13)20)16(19)11-6-4-3-5-10(11)15(12)18/h1,3-8,20H,9H2. The van der Waals surface area contributed by atoms with Gasteiger partial charge in [-0.25, -0.2) is 0 Å². The normalized spacial score (nSPS) is 12.3. The molecule has 0 atom stereocenters. The van der Waals surface area contributed by atoms with Crippen molar-refractivity contribution in [2.24, 2.45) is 0 Å². The summed E-state index contributed by atoms with van der Waals surface area (Å²) in [6.07, 6.45) is 5.10. The zero-order chi connectivity index (χ0) is 15.0. The van der Waals surface area contributed by atoms with Crippen LogP contribution in [0.4, 0.5) is 0 Å². The van der Waals surface area contributed by atoms with Crippen molar-refractivity contribution in [2.45, 2.75) is 0 Å². The molecular weight excluding hydrogens is 268 g/mol. The molecule has 0 aliphatic heterocycles. The van der Waals surface area contributed by atoms with E-state index in [9.17, 15) is 14.7 Å². The number of hydrogen-bond donors (Lipinski definition) is 1. The third-order valence-electron chi connectivity index (χ3n) is 3.34. The highest BCUT2D eigenvalue weighted by atomic mass is 16.5. The number of hydrogen-bond acceptors (Lipinski definition) is 4. The van der Waals surface area contributed by atoms with E-state index in [0.29, 0.717) is 5.56 Å². The minimum absolute atomic E-state index is 0.0341. The molecule has 1 N–H and O–H groups in total. The summed E-state index contributed by atoms with van der Waals surface area (Å²) in [4.78, 5) is 24.9. The molecule has 0 amide bonds. The van der Waals surface area contributed by atoms with Crippen LogP contribution in [-0.4, -0.2) is 23.3 Å². The molecule has 0 aromatic heterocycles. The third kappa shape index (κ3) is 1.87. The monoisotopic (exact) mass is 278 g/mol. The molecular formula is C17H10O4. The quantitative estimate of drug-likeness (QED) is 0.730. The minimum atomic E-state index is -0.399. The van der Waals surface area contributed by atoms with Crippen LogP contribution < -0.4 is 4.74 Å². The fourth-order valence-electron chi connectivity index (χ4n) is 2.39. The Balaban J connectivity index is 2.19. The predicted octanol–water partition coefficient (Wildman–Crippen LogP) is 2.18. The van der Waals surface area contributed by atoms with Crippen molar-refractivity contribution in [1.29, 1.82) is 0 Å². The van der Waals surface area contributed by atoms with Crippen LogP contribution in [-0.2, 0) is 0 Å². The predicted molar refractivity (Wildman–Crippen MR) is 75.7 cm³/mol. The van der Waals surface area contributed by atoms with Crippen LogP contribution in [0.5, 0.6) is 11.5 Å². The average Bonchev–Trinajstić information content (AvgIpc) is 2.51. The second-order valence-corrected chi connectivity index (χ2v) is 4.53. The Hall–Kier alpha value is -3.06. The number of ketones is 2. The lowest BCUT2D eigenvalue weighted by Crippen LogP contribution is -2.21. The number of aromatic hydroxyl groups is 1. The number of benzene rings is 2. The Kier molecular flexibility index (Phi) is 2.96. The molecule has 0 fully saturated rings. The summed E-state index contributed by atoms with van der Waals surface area (Å²) in [5, 5.41) is 10.2. The molecule has 0 saturated heterocycles. The van der Waals surface area contributed by atoms with Gasteiger partial charge in [-0.3, -0.25) is 9.59 Å². The SMILES string of the molecule is C#CCOc1ccc2c(c1O)C(=O)c1ccccc1C2=O. The number of ether oxygens (including phenoxy) is 1. The highest BCUT2D eigenvalue weighted by Crippen LogP contribution is 2.38. The van der Waals surface area contributed by atoms with Crippen molar-refractivity contribution >= 4 is 11.6 Å². The number of fused-ring (bicyclic) bond motifs is 2. The fraction of sp³-hybridized carbons (Fsp3) is 0.0588. The fourth-order valence-corrected chi connectivity index (χ4v) is 2.39. The van der Waals surface area contributed by atoms with Gasteiger partial charge >= 0.3 is 0 Å². The van der Waals surface area contributed by atoms with Gasteiger partial charge in [0.15, 0.2) is 23.1 Å². The number of rotatable bonds is 2. The second kappa shape index (κ2) is 4.80. The van der Waals surface area contributed by atoms with E-state index in [1.165, 1.54) is 12.1 Å². The summed E-state index contributed by atoms with van der Waals surface area (Å²) in [7, 11) is 0. The molecule has 1 aliphatic carbocycles. The van der Waals surface area contributed by atoms with Crippen molar-refractivity contribution in [2.75, 3.05) is 6.61 Å². The van der Waals surface area contributed by atoms with Gasteiger partial charge in [-0.05, 0) is 12.1 Å². The van der Waals surface area contributed by atoms with Gasteiger partial charge in [0.1, 0.15) is 6.61 Å². The van der Waals surface area contributed by atoms with Crippen molar-refractivity contribution in [1.82, 2.24) is 0 Å². The maximum absolute atomic E-state index is 12.5. The molecule has 4 nitrogen and oxygen atoms in total. The Morgan fingerprint density at radius 3 is 2.33 bits per heavy atom. The van der Waals surface area contributed by atoms with Gasteiger partial charge in [-0.1, -0.05) is 30.2 Å². The first-order chi connectivity index (χ1) is 10.1. The van der Waals surface area contributed by atoms with Gasteiger partial charge in [0.2, 0.25) is 0 Å². The van der Waals surface area contributed by atoms with Crippen molar-refractivity contribution in [3.8, 4) is 23.8 Å². The first-order valence-electron chi connectivity index (χ1n) is 6.25. The molecule has 3 rings (SSSR count). The maximum Gasteiger partial charge on any atom is 0.198 e. The molecule has 1 aliphatic rings. The lowest BCUT2D eigenvalue weighted by atomic mass is 9.83. The Labute approximate surface area is 121 Å². The number of phenols is 1. The van der Waals surface area contributed by atoms with Crippen LogP contribution in [0.15, 0.2) is 36.4 Å². The summed E-state index contributed by atoms with van der Waals surface area (Å²) >= 11 is 0. The highest BCUT2D eigenvalue weighted by Gasteiger charge is 2.32. The molecule has 2 aromatic carbocycles. The Bertz CT molecular complexity index is 812. The summed E-state index contributed by atoms with van der Waals surface area (Å²) in [6, 6.07) is 9.43. The molecule has 0 spiro atoms. The number of terminal acetylenes is 1. The Morgan fingerprint density at radius 2 is 1.67 bits per heavy atom. The van der Waals surface area contributed by atoms with Crippen LogP contribution in [0.25, 0.3) is 0 Å². The van der Waals surface area contributed by atoms with Gasteiger partial charge < -0.3 is 9.84 Å². The number of carbonyl (C=O) groups is 2. The summed E-state index contributed by atoms with van der Waals surface area (Å²) in [5.74, 6) is 1.32. The lowest BCUT2D eigenvalue weighted by molar-refractivity contribution is 0.0976. The lowest BCUT2D eigenvalue weighted by Gasteiger charge is -2.19. The van der Waals surface area contributed by atoms with Crippen LogP contribution in [0.3, 0.4) is 0 Å². The maximum atomic E-state index is 12.5. The van der Waals surface area contributed by atoms with Gasteiger partial charge in [0.05, 0.1) is 5.56 Å². The second-order valence-electron chi connectivity index (χ2n) is 4.53. The smallest absolute Gasteiger partial charge is 0.198 e. The van der Waals surface area contributed by atoms with E-state index in [1.54, 1.807) is 24.3 Å². The van der Waals surface area contributed by atoms with E-state index in [4.69, 9.17) is 11.2 Å². The van der Waals surface area contributed by atoms with E-state index in [0.717, 1.165) is 0 Å². The summed E-state index contributed by atoms with van der Waals surface area (Å²) < 4.78 is 5.17. The largest absolute Gasteiger partial charge is 0.504 e. The average molecular weight is 278 g/mol. The summed E-state index contributed by atoms with van der Waals surface area (Å²) in [6.45, 7) is -0.0366. The topological polar surface area (TPSA) is 63.6 Å². The van der Waals surface area contributed by atoms with Crippen molar-refractivity contribution < 1.29 is 19.4 Å². The summed E-state index contributed by atoms with van der Waals surface area (Å²) in [5.41, 5.74) is 0.753. The van der Waals surface area contributed by atoms with E-state index in [2.05, 4.69) is 5.92 Å². The molecule has 0 heterocycles. The van der Waals surface area contributed by atoms with Crippen LogP contribution in [0.1, 0.15) is 31.8 Å². The minimum Gasteiger partial charge on any atom is -0.504 e. The first-order valence-corrected chi connectivity index (χ1v) is 6.25. The van der Waals surface area contributed by atoms with Gasteiger partial charge in [-0.15, -0.1) is 6.42 Å². The zero-order valence-electron chi connectivity index (χ0n) is 10.9. The first kappa shape index (κ1) is 12.9. The zero-order valence-corrected chi connectivity index (χ0v) is 10.9. The molecule has 21 heavy (non-hydrogen) atoms. The number of carbonyl (C=O) groups excluding carboxylic acids is 2. The third-order valence-corrected chi connectivity index (χ3v) is 3.34. The van der Waals surface area contributed by atoms with Crippen molar-refractivity contribution in [3.05, 3.63) is 58.7 Å². The Morgan fingerprint density at radius 1 is 1.00 bits per heavy atom. The van der Waals surface area contributed by atoms with Crippen LogP contribution >= 0.6 is 0 Å². The molecule has 4 heteroatoms.